The van der Waals surface area contributed by atoms with Crippen LogP contribution in [0.2, 0.25) is 0 Å². The molecular weight excluding hydrogens is 464 g/mol. The van der Waals surface area contributed by atoms with E-state index in [1.54, 1.807) is 17.0 Å². The van der Waals surface area contributed by atoms with Gasteiger partial charge in [-0.15, -0.1) is 0 Å². The van der Waals surface area contributed by atoms with Crippen molar-refractivity contribution >= 4 is 31.9 Å². The summed E-state index contributed by atoms with van der Waals surface area (Å²) in [5, 5.41) is 0. The Morgan fingerprint density at radius 2 is 1.27 bits per heavy atom. The Hall–Kier alpha value is -2.48. The molecule has 0 unspecified atom stereocenters. The van der Waals surface area contributed by atoms with Crippen molar-refractivity contribution in [2.45, 2.75) is 18.0 Å². The lowest BCUT2D eigenvalue weighted by molar-refractivity contribution is -0.132. The van der Waals surface area contributed by atoms with Crippen LogP contribution in [0.15, 0.2) is 94.3 Å². The van der Waals surface area contributed by atoms with Gasteiger partial charge >= 0.3 is 0 Å². The van der Waals surface area contributed by atoms with Gasteiger partial charge in [0.2, 0.25) is 15.9 Å². The van der Waals surface area contributed by atoms with Crippen LogP contribution in [0.3, 0.4) is 0 Å². The van der Waals surface area contributed by atoms with Gasteiger partial charge < -0.3 is 4.90 Å². The first-order valence-electron chi connectivity index (χ1n) is 9.44. The van der Waals surface area contributed by atoms with Gasteiger partial charge in [-0.3, -0.25) is 4.79 Å². The van der Waals surface area contributed by atoms with E-state index in [2.05, 4.69) is 15.9 Å². The summed E-state index contributed by atoms with van der Waals surface area (Å²) >= 11 is 3.30. The number of carbonyl (C=O) groups excluding carboxylic acids is 1. The lowest BCUT2D eigenvalue weighted by Gasteiger charge is -2.26. The van der Waals surface area contributed by atoms with Crippen molar-refractivity contribution in [2.24, 2.45) is 0 Å². The number of carbonyl (C=O) groups is 1. The van der Waals surface area contributed by atoms with Gasteiger partial charge in [-0.1, -0.05) is 76.6 Å². The molecule has 3 rings (SSSR count). The molecule has 0 aliphatic heterocycles. The summed E-state index contributed by atoms with van der Waals surface area (Å²) < 4.78 is 27.6. The molecule has 0 aliphatic rings. The van der Waals surface area contributed by atoms with Crippen molar-refractivity contribution in [1.29, 1.82) is 0 Å². The van der Waals surface area contributed by atoms with E-state index in [1.807, 2.05) is 60.7 Å². The van der Waals surface area contributed by atoms with Crippen LogP contribution < -0.4 is 0 Å². The molecule has 0 aliphatic carbocycles. The monoisotopic (exact) mass is 486 g/mol. The summed E-state index contributed by atoms with van der Waals surface area (Å²) in [6, 6.07) is 25.7. The number of hydrogen-bond acceptors (Lipinski definition) is 3. The second kappa shape index (κ2) is 10.0. The van der Waals surface area contributed by atoms with Crippen LogP contribution in [0, 0.1) is 0 Å². The fourth-order valence-corrected chi connectivity index (χ4v) is 4.39. The van der Waals surface area contributed by atoms with Crippen molar-refractivity contribution in [3.63, 3.8) is 0 Å². The quantitative estimate of drug-likeness (QED) is 0.476. The molecule has 0 saturated heterocycles. The molecule has 1 amide bonds. The molecule has 0 radical (unpaired) electrons. The highest BCUT2D eigenvalue weighted by Gasteiger charge is 2.25. The van der Waals surface area contributed by atoms with Gasteiger partial charge in [0.15, 0.2) is 0 Å². The molecule has 0 fully saturated rings. The summed E-state index contributed by atoms with van der Waals surface area (Å²) in [6.45, 7) is 0.569. The standard InChI is InChI=1S/C23H23BrN2O3S/c1-25(30(28,29)22-14-12-21(24)13-15-22)18-23(27)26(16-19-8-4-2-5-9-19)17-20-10-6-3-7-11-20/h2-15H,16-18H2,1H3. The molecule has 0 aromatic heterocycles. The Morgan fingerprint density at radius 3 is 1.73 bits per heavy atom. The third-order valence-corrected chi connectivity index (χ3v) is 7.01. The highest BCUT2D eigenvalue weighted by atomic mass is 79.9. The molecule has 0 N–H and O–H groups in total. The van der Waals surface area contributed by atoms with E-state index in [4.69, 9.17) is 0 Å². The highest BCUT2D eigenvalue weighted by molar-refractivity contribution is 9.10. The first-order chi connectivity index (χ1) is 14.4. The van der Waals surface area contributed by atoms with Gasteiger partial charge in [0.1, 0.15) is 0 Å². The summed E-state index contributed by atoms with van der Waals surface area (Å²) in [6.07, 6.45) is 0. The van der Waals surface area contributed by atoms with E-state index in [0.29, 0.717) is 13.1 Å². The second-order valence-corrected chi connectivity index (χ2v) is 9.90. The number of halogens is 1. The zero-order valence-corrected chi connectivity index (χ0v) is 19.0. The number of sulfonamides is 1. The van der Waals surface area contributed by atoms with Gasteiger partial charge in [0, 0.05) is 24.6 Å². The lowest BCUT2D eigenvalue weighted by atomic mass is 10.1. The van der Waals surface area contributed by atoms with E-state index in [-0.39, 0.29) is 17.3 Å². The van der Waals surface area contributed by atoms with Gasteiger partial charge in [-0.05, 0) is 35.4 Å². The Balaban J connectivity index is 1.78. The minimum Gasteiger partial charge on any atom is -0.333 e. The first-order valence-corrected chi connectivity index (χ1v) is 11.7. The molecule has 3 aromatic carbocycles. The van der Waals surface area contributed by atoms with Crippen molar-refractivity contribution in [2.75, 3.05) is 13.6 Å². The third kappa shape index (κ3) is 5.78. The van der Waals surface area contributed by atoms with Gasteiger partial charge in [0.25, 0.3) is 0 Å². The lowest BCUT2D eigenvalue weighted by Crippen LogP contribution is -2.40. The van der Waals surface area contributed by atoms with Crippen molar-refractivity contribution in [3.05, 3.63) is 101 Å². The third-order valence-electron chi connectivity index (χ3n) is 4.66. The van der Waals surface area contributed by atoms with Crippen LogP contribution >= 0.6 is 15.9 Å². The second-order valence-electron chi connectivity index (χ2n) is 6.94. The van der Waals surface area contributed by atoms with Crippen LogP contribution in [-0.2, 0) is 27.9 Å². The van der Waals surface area contributed by atoms with Gasteiger partial charge in [0.05, 0.1) is 11.4 Å². The number of rotatable bonds is 8. The molecular formula is C23H23BrN2O3S. The van der Waals surface area contributed by atoms with Crippen LogP contribution in [-0.4, -0.2) is 37.1 Å². The number of nitrogens with zero attached hydrogens (tertiary/aromatic N) is 2. The van der Waals surface area contributed by atoms with E-state index in [1.165, 1.54) is 19.2 Å². The summed E-state index contributed by atoms with van der Waals surface area (Å²) in [5.41, 5.74) is 1.97. The molecule has 7 heteroatoms. The van der Waals surface area contributed by atoms with Crippen molar-refractivity contribution in [3.8, 4) is 0 Å². The van der Waals surface area contributed by atoms with Gasteiger partial charge in [-0.2, -0.15) is 4.31 Å². The maximum Gasteiger partial charge on any atom is 0.243 e. The largest absolute Gasteiger partial charge is 0.333 e. The minimum absolute atomic E-state index is 0.152. The number of likely N-dealkylation sites (N-methyl/N-ethyl adjacent to an activating group) is 1. The fourth-order valence-electron chi connectivity index (χ4n) is 3.00. The maximum atomic E-state index is 13.1. The Bertz CT molecular complexity index is 1030. The molecule has 0 bridgehead atoms. The summed E-state index contributed by atoms with van der Waals surface area (Å²) in [5.74, 6) is -0.258. The average molecular weight is 487 g/mol. The zero-order chi connectivity index (χ0) is 21.6. The molecule has 0 saturated carbocycles. The van der Waals surface area contributed by atoms with Crippen molar-refractivity contribution in [1.82, 2.24) is 9.21 Å². The van der Waals surface area contributed by atoms with Crippen LogP contribution in [0.1, 0.15) is 11.1 Å². The zero-order valence-electron chi connectivity index (χ0n) is 16.6. The first kappa shape index (κ1) is 22.2. The minimum atomic E-state index is -3.77. The number of hydrogen-bond donors (Lipinski definition) is 0. The molecule has 30 heavy (non-hydrogen) atoms. The van der Waals surface area contributed by atoms with Crippen LogP contribution in [0.4, 0.5) is 0 Å². The van der Waals surface area contributed by atoms with E-state index < -0.39 is 10.0 Å². The molecule has 5 nitrogen and oxygen atoms in total. The normalized spacial score (nSPS) is 11.4. The topological polar surface area (TPSA) is 57.7 Å². The average Bonchev–Trinajstić information content (AvgIpc) is 2.75. The summed E-state index contributed by atoms with van der Waals surface area (Å²) in [4.78, 5) is 14.9. The predicted octanol–water partition coefficient (Wildman–Crippen LogP) is 4.30. The SMILES string of the molecule is CN(CC(=O)N(Cc1ccccc1)Cc1ccccc1)S(=O)(=O)c1ccc(Br)cc1. The molecule has 0 atom stereocenters. The van der Waals surface area contributed by atoms with E-state index in [0.717, 1.165) is 19.9 Å². The van der Waals surface area contributed by atoms with Gasteiger partial charge in [-0.25, -0.2) is 8.42 Å². The smallest absolute Gasteiger partial charge is 0.243 e. The predicted molar refractivity (Wildman–Crippen MR) is 121 cm³/mol. The summed E-state index contributed by atoms with van der Waals surface area (Å²) in [7, 11) is -2.34. The Kier molecular flexibility index (Phi) is 7.42. The van der Waals surface area contributed by atoms with E-state index in [9.17, 15) is 13.2 Å². The molecule has 0 spiro atoms. The number of amides is 1. The number of benzene rings is 3. The molecule has 0 heterocycles. The fraction of sp³-hybridized carbons (Fsp3) is 0.174. The highest BCUT2D eigenvalue weighted by Crippen LogP contribution is 2.18. The molecule has 3 aromatic rings. The Labute approximate surface area is 186 Å². The van der Waals surface area contributed by atoms with Crippen LogP contribution in [0.25, 0.3) is 0 Å². The Morgan fingerprint density at radius 1 is 0.800 bits per heavy atom. The van der Waals surface area contributed by atoms with Crippen molar-refractivity contribution < 1.29 is 13.2 Å². The van der Waals surface area contributed by atoms with E-state index >= 15 is 0 Å². The van der Waals surface area contributed by atoms with Crippen LogP contribution in [0.5, 0.6) is 0 Å². The molecule has 156 valence electrons. The maximum absolute atomic E-state index is 13.1.